The predicted octanol–water partition coefficient (Wildman–Crippen LogP) is 0.381. The Labute approximate surface area is 91.8 Å². The number of fused-ring (bicyclic) bond motifs is 1. The molecule has 0 atom stereocenters. The van der Waals surface area contributed by atoms with Crippen LogP contribution in [0.25, 0.3) is 0 Å². The van der Waals surface area contributed by atoms with Crippen LogP contribution >= 0.6 is 0 Å². The first-order chi connectivity index (χ1) is 7.74. The number of amides is 2. The normalized spacial score (nSPS) is 19.0. The van der Waals surface area contributed by atoms with Crippen molar-refractivity contribution >= 4 is 17.5 Å². The smallest absolute Gasteiger partial charge is 0.259 e. The molecule has 3 rings (SSSR count). The zero-order valence-electron chi connectivity index (χ0n) is 8.45. The van der Waals surface area contributed by atoms with Crippen molar-refractivity contribution in [3.63, 3.8) is 0 Å². The molecule has 2 heterocycles. The van der Waals surface area contributed by atoms with E-state index in [1.807, 2.05) is 0 Å². The van der Waals surface area contributed by atoms with Crippen molar-refractivity contribution in [2.75, 3.05) is 18.5 Å². The zero-order chi connectivity index (χ0) is 11.1. The number of rotatable bonds is 2. The Balaban J connectivity index is 1.89. The molecule has 0 spiro atoms. The standard InChI is InChI=1S/C11H10N2O3/c14-10-8-2-1-6(12-7-4-16-5-7)3-9(8)11(15)13-10/h1-3,7,12H,4-5H2,(H,13,14,15). The highest BCUT2D eigenvalue weighted by Gasteiger charge is 2.27. The van der Waals surface area contributed by atoms with Crippen LogP contribution in [0.1, 0.15) is 20.7 Å². The van der Waals surface area contributed by atoms with Crippen molar-refractivity contribution < 1.29 is 14.3 Å². The van der Waals surface area contributed by atoms with Crippen LogP contribution in [0, 0.1) is 0 Å². The molecule has 5 heteroatoms. The summed E-state index contributed by atoms with van der Waals surface area (Å²) in [4.78, 5) is 22.7. The lowest BCUT2D eigenvalue weighted by atomic mass is 10.1. The molecule has 2 aliphatic heterocycles. The van der Waals surface area contributed by atoms with E-state index in [0.717, 1.165) is 5.69 Å². The fourth-order valence-electron chi connectivity index (χ4n) is 1.81. The molecule has 0 bridgehead atoms. The molecule has 2 amide bonds. The van der Waals surface area contributed by atoms with Crippen LogP contribution in [0.2, 0.25) is 0 Å². The van der Waals surface area contributed by atoms with Crippen molar-refractivity contribution in [2.24, 2.45) is 0 Å². The first-order valence-corrected chi connectivity index (χ1v) is 5.08. The van der Waals surface area contributed by atoms with E-state index >= 15 is 0 Å². The predicted molar refractivity (Wildman–Crippen MR) is 56.5 cm³/mol. The largest absolute Gasteiger partial charge is 0.378 e. The van der Waals surface area contributed by atoms with E-state index < -0.39 is 0 Å². The van der Waals surface area contributed by atoms with Crippen LogP contribution in [-0.4, -0.2) is 31.1 Å². The van der Waals surface area contributed by atoms with Gasteiger partial charge in [0.2, 0.25) is 0 Å². The van der Waals surface area contributed by atoms with Gasteiger partial charge in [0.05, 0.1) is 30.4 Å². The van der Waals surface area contributed by atoms with Crippen LogP contribution in [0.5, 0.6) is 0 Å². The van der Waals surface area contributed by atoms with Crippen molar-refractivity contribution in [1.29, 1.82) is 0 Å². The Morgan fingerprint density at radius 2 is 1.94 bits per heavy atom. The molecule has 1 aromatic rings. The lowest BCUT2D eigenvalue weighted by molar-refractivity contribution is 0.0211. The number of imide groups is 1. The zero-order valence-corrected chi connectivity index (χ0v) is 8.45. The summed E-state index contributed by atoms with van der Waals surface area (Å²) in [5.41, 5.74) is 1.73. The van der Waals surface area contributed by atoms with E-state index in [9.17, 15) is 9.59 Å². The summed E-state index contributed by atoms with van der Waals surface area (Å²) in [5.74, 6) is -0.646. The first kappa shape index (κ1) is 9.35. The summed E-state index contributed by atoms with van der Waals surface area (Å²) < 4.78 is 5.04. The summed E-state index contributed by atoms with van der Waals surface area (Å²) >= 11 is 0. The maximum absolute atomic E-state index is 11.4. The molecule has 5 nitrogen and oxygen atoms in total. The summed E-state index contributed by atoms with van der Waals surface area (Å²) in [6.07, 6.45) is 0. The molecule has 0 radical (unpaired) electrons. The van der Waals surface area contributed by atoms with Gasteiger partial charge in [-0.1, -0.05) is 0 Å². The van der Waals surface area contributed by atoms with Crippen molar-refractivity contribution in [2.45, 2.75) is 6.04 Å². The molecule has 0 aliphatic carbocycles. The van der Waals surface area contributed by atoms with Gasteiger partial charge in [0, 0.05) is 5.69 Å². The third kappa shape index (κ3) is 1.37. The second kappa shape index (κ2) is 3.31. The van der Waals surface area contributed by atoms with Crippen molar-refractivity contribution in [3.05, 3.63) is 29.3 Å². The molecular weight excluding hydrogens is 208 g/mol. The quantitative estimate of drug-likeness (QED) is 0.704. The molecule has 16 heavy (non-hydrogen) atoms. The Kier molecular flexibility index (Phi) is 1.94. The number of benzene rings is 1. The molecule has 0 unspecified atom stereocenters. The number of anilines is 1. The van der Waals surface area contributed by atoms with Gasteiger partial charge >= 0.3 is 0 Å². The highest BCUT2D eigenvalue weighted by atomic mass is 16.5. The SMILES string of the molecule is O=C1NC(=O)c2cc(NC3COC3)ccc21. The Bertz CT molecular complexity index is 480. The maximum Gasteiger partial charge on any atom is 0.259 e. The highest BCUT2D eigenvalue weighted by molar-refractivity contribution is 6.21. The lowest BCUT2D eigenvalue weighted by Crippen LogP contribution is -2.40. The minimum atomic E-state index is -0.325. The van der Waals surface area contributed by atoms with Crippen LogP contribution < -0.4 is 10.6 Å². The number of carbonyl (C=O) groups is 2. The van der Waals surface area contributed by atoms with E-state index in [-0.39, 0.29) is 11.8 Å². The molecule has 1 aromatic carbocycles. The molecule has 2 aliphatic rings. The van der Waals surface area contributed by atoms with Gasteiger partial charge in [-0.2, -0.15) is 0 Å². The molecule has 0 aromatic heterocycles. The fraction of sp³-hybridized carbons (Fsp3) is 0.273. The topological polar surface area (TPSA) is 67.4 Å². The number of carbonyl (C=O) groups excluding carboxylic acids is 2. The van der Waals surface area contributed by atoms with Gasteiger partial charge in [0.25, 0.3) is 11.8 Å². The second-order valence-electron chi connectivity index (χ2n) is 3.92. The third-order valence-corrected chi connectivity index (χ3v) is 2.74. The van der Waals surface area contributed by atoms with Crippen molar-refractivity contribution in [1.82, 2.24) is 5.32 Å². The Hall–Kier alpha value is -1.88. The van der Waals surface area contributed by atoms with Crippen molar-refractivity contribution in [3.8, 4) is 0 Å². The van der Waals surface area contributed by atoms with E-state index in [1.54, 1.807) is 18.2 Å². The number of hydrogen-bond acceptors (Lipinski definition) is 4. The number of hydrogen-bond donors (Lipinski definition) is 2. The van der Waals surface area contributed by atoms with E-state index in [4.69, 9.17) is 4.74 Å². The Morgan fingerprint density at radius 3 is 2.62 bits per heavy atom. The molecular formula is C11H10N2O3. The summed E-state index contributed by atoms with van der Waals surface area (Å²) in [7, 11) is 0. The average molecular weight is 218 g/mol. The van der Waals surface area contributed by atoms with Gasteiger partial charge in [-0.15, -0.1) is 0 Å². The van der Waals surface area contributed by atoms with Crippen LogP contribution in [0.3, 0.4) is 0 Å². The first-order valence-electron chi connectivity index (χ1n) is 5.08. The van der Waals surface area contributed by atoms with Gasteiger partial charge in [0.15, 0.2) is 0 Å². The van der Waals surface area contributed by atoms with E-state index in [2.05, 4.69) is 10.6 Å². The minimum Gasteiger partial charge on any atom is -0.378 e. The van der Waals surface area contributed by atoms with Gasteiger partial charge < -0.3 is 10.1 Å². The van der Waals surface area contributed by atoms with Gasteiger partial charge in [-0.05, 0) is 18.2 Å². The molecule has 2 N–H and O–H groups in total. The average Bonchev–Trinajstić information content (AvgIpc) is 2.49. The second-order valence-corrected chi connectivity index (χ2v) is 3.92. The van der Waals surface area contributed by atoms with Gasteiger partial charge in [0.1, 0.15) is 0 Å². The third-order valence-electron chi connectivity index (χ3n) is 2.74. The molecule has 82 valence electrons. The summed E-state index contributed by atoms with van der Waals surface area (Å²) in [6.45, 7) is 1.37. The summed E-state index contributed by atoms with van der Waals surface area (Å²) in [5, 5.41) is 5.49. The lowest BCUT2D eigenvalue weighted by Gasteiger charge is -2.27. The highest BCUT2D eigenvalue weighted by Crippen LogP contribution is 2.21. The number of nitrogens with one attached hydrogen (secondary N) is 2. The van der Waals surface area contributed by atoms with Gasteiger partial charge in [-0.25, -0.2) is 0 Å². The van der Waals surface area contributed by atoms with E-state index in [1.165, 1.54) is 0 Å². The maximum atomic E-state index is 11.4. The molecule has 1 fully saturated rings. The van der Waals surface area contributed by atoms with Crippen LogP contribution in [0.4, 0.5) is 5.69 Å². The fourth-order valence-corrected chi connectivity index (χ4v) is 1.81. The van der Waals surface area contributed by atoms with E-state index in [0.29, 0.717) is 30.4 Å². The summed E-state index contributed by atoms with van der Waals surface area (Å²) in [6, 6.07) is 5.47. The number of ether oxygens (including phenoxy) is 1. The van der Waals surface area contributed by atoms with Crippen LogP contribution in [0.15, 0.2) is 18.2 Å². The molecule has 1 saturated heterocycles. The monoisotopic (exact) mass is 218 g/mol. The van der Waals surface area contributed by atoms with Crippen LogP contribution in [-0.2, 0) is 4.74 Å². The minimum absolute atomic E-state index is 0.304. The molecule has 0 saturated carbocycles. The Morgan fingerprint density at radius 1 is 1.19 bits per heavy atom. The van der Waals surface area contributed by atoms with Gasteiger partial charge in [-0.3, -0.25) is 14.9 Å².